The predicted molar refractivity (Wildman–Crippen MR) is 123 cm³/mol. The molecule has 1 unspecified atom stereocenters. The van der Waals surface area contributed by atoms with Crippen molar-refractivity contribution >= 4 is 38.1 Å². The van der Waals surface area contributed by atoms with E-state index in [2.05, 4.69) is 20.3 Å². The van der Waals surface area contributed by atoms with E-state index in [-0.39, 0.29) is 33.8 Å². The first-order valence-corrected chi connectivity index (χ1v) is 11.8. The number of amidine groups is 1. The zero-order chi connectivity index (χ0) is 24.9. The number of aromatic nitrogens is 2. The molecular formula is C22H22F3N5O3S. The summed E-state index contributed by atoms with van der Waals surface area (Å²) >= 11 is 0. The van der Waals surface area contributed by atoms with Crippen LogP contribution in [-0.4, -0.2) is 48.5 Å². The van der Waals surface area contributed by atoms with Crippen molar-refractivity contribution in [2.45, 2.75) is 24.1 Å². The summed E-state index contributed by atoms with van der Waals surface area (Å²) in [5.74, 6) is -2.06. The lowest BCUT2D eigenvalue weighted by Crippen LogP contribution is -2.56. The Hall–Kier alpha value is -3.41. The molecule has 0 saturated heterocycles. The van der Waals surface area contributed by atoms with E-state index in [0.29, 0.717) is 5.75 Å². The number of nitrogens with two attached hydrogens (primary N) is 1. The molecule has 12 heteroatoms. The standard InChI is InChI=1S/C22H22F3N5O3S/c1-21(2)20(26)30-22(10-23,11-34(21,31)32)15-6-12(4-5-16(15)24)29-19-18-14(17(25)9-28-19)7-13(33-3)8-27-18/h4-9H,10-11H2,1-3H3,(H2,26,30)(H,28,29). The van der Waals surface area contributed by atoms with Gasteiger partial charge in [0.15, 0.2) is 21.5 Å². The number of anilines is 2. The molecule has 4 rings (SSSR count). The fraction of sp³-hybridized carbons (Fsp3) is 0.318. The van der Waals surface area contributed by atoms with Crippen molar-refractivity contribution in [2.24, 2.45) is 10.7 Å². The van der Waals surface area contributed by atoms with Gasteiger partial charge in [0.25, 0.3) is 0 Å². The van der Waals surface area contributed by atoms with Crippen LogP contribution in [0.2, 0.25) is 0 Å². The van der Waals surface area contributed by atoms with Crippen molar-refractivity contribution in [3.8, 4) is 5.75 Å². The molecule has 1 aromatic carbocycles. The van der Waals surface area contributed by atoms with Crippen LogP contribution in [0.25, 0.3) is 10.9 Å². The number of fused-ring (bicyclic) bond motifs is 1. The van der Waals surface area contributed by atoms with E-state index in [1.165, 1.54) is 45.4 Å². The van der Waals surface area contributed by atoms with Crippen LogP contribution in [0.15, 0.2) is 41.7 Å². The SMILES string of the molecule is COc1cnc2c(Nc3ccc(F)c(C4(CF)CS(=O)(=O)C(C)(C)C(N)=N4)c3)ncc(F)c2c1. The highest BCUT2D eigenvalue weighted by atomic mass is 32.2. The van der Waals surface area contributed by atoms with E-state index in [9.17, 15) is 21.6 Å². The Bertz CT molecular complexity index is 1430. The molecule has 0 spiro atoms. The van der Waals surface area contributed by atoms with E-state index in [4.69, 9.17) is 10.5 Å². The van der Waals surface area contributed by atoms with Gasteiger partial charge in [-0.3, -0.25) is 4.99 Å². The molecule has 8 nitrogen and oxygen atoms in total. The van der Waals surface area contributed by atoms with Crippen molar-refractivity contribution in [3.05, 3.63) is 53.9 Å². The van der Waals surface area contributed by atoms with Crippen LogP contribution in [-0.2, 0) is 15.4 Å². The average Bonchev–Trinajstić information content (AvgIpc) is 2.80. The molecule has 3 N–H and O–H groups in total. The van der Waals surface area contributed by atoms with E-state index < -0.39 is 44.2 Å². The topological polar surface area (TPSA) is 120 Å². The number of methoxy groups -OCH3 is 1. The van der Waals surface area contributed by atoms with Gasteiger partial charge in [0.1, 0.15) is 39.9 Å². The average molecular weight is 494 g/mol. The number of halogens is 3. The van der Waals surface area contributed by atoms with E-state index in [1.54, 1.807) is 0 Å². The predicted octanol–water partition coefficient (Wildman–Crippen LogP) is 3.39. The summed E-state index contributed by atoms with van der Waals surface area (Å²) < 4.78 is 72.8. The quantitative estimate of drug-likeness (QED) is 0.559. The van der Waals surface area contributed by atoms with Gasteiger partial charge in [-0.25, -0.2) is 31.6 Å². The molecule has 0 fully saturated rings. The number of nitrogens with zero attached hydrogens (tertiary/aromatic N) is 3. The molecule has 0 saturated carbocycles. The third-order valence-corrected chi connectivity index (χ3v) is 8.62. The lowest BCUT2D eigenvalue weighted by molar-refractivity contribution is 0.324. The van der Waals surface area contributed by atoms with E-state index >= 15 is 0 Å². The molecule has 0 bridgehead atoms. The fourth-order valence-electron chi connectivity index (χ4n) is 3.70. The highest BCUT2D eigenvalue weighted by Crippen LogP contribution is 2.40. The monoisotopic (exact) mass is 493 g/mol. The molecule has 1 aliphatic rings. The fourth-order valence-corrected chi connectivity index (χ4v) is 5.35. The van der Waals surface area contributed by atoms with Gasteiger partial charge in [0.05, 0.1) is 25.3 Å². The van der Waals surface area contributed by atoms with Gasteiger partial charge in [0, 0.05) is 16.6 Å². The smallest absolute Gasteiger partial charge is 0.165 e. The molecule has 180 valence electrons. The summed E-state index contributed by atoms with van der Waals surface area (Å²) in [5.41, 5.74) is 3.96. The molecular weight excluding hydrogens is 471 g/mol. The van der Waals surface area contributed by atoms with Crippen molar-refractivity contribution in [3.63, 3.8) is 0 Å². The number of rotatable bonds is 5. The highest BCUT2D eigenvalue weighted by Gasteiger charge is 2.51. The van der Waals surface area contributed by atoms with Crippen molar-refractivity contribution in [2.75, 3.05) is 24.9 Å². The van der Waals surface area contributed by atoms with Gasteiger partial charge >= 0.3 is 0 Å². The van der Waals surface area contributed by atoms with Crippen LogP contribution >= 0.6 is 0 Å². The number of sulfone groups is 1. The van der Waals surface area contributed by atoms with Crippen LogP contribution in [0, 0.1) is 11.6 Å². The van der Waals surface area contributed by atoms with E-state index in [1.807, 2.05) is 0 Å². The Morgan fingerprint density at radius 1 is 1.15 bits per heavy atom. The van der Waals surface area contributed by atoms with Gasteiger partial charge in [0.2, 0.25) is 0 Å². The third-order valence-electron chi connectivity index (χ3n) is 6.00. The molecule has 1 atom stereocenters. The Labute approximate surface area is 194 Å². The maximum Gasteiger partial charge on any atom is 0.165 e. The number of hydrogen-bond acceptors (Lipinski definition) is 8. The van der Waals surface area contributed by atoms with Gasteiger partial charge in [-0.15, -0.1) is 0 Å². The van der Waals surface area contributed by atoms with Gasteiger partial charge < -0.3 is 15.8 Å². The van der Waals surface area contributed by atoms with Gasteiger partial charge in [-0.2, -0.15) is 0 Å². The zero-order valence-corrected chi connectivity index (χ0v) is 19.4. The van der Waals surface area contributed by atoms with Gasteiger partial charge in [-0.1, -0.05) is 0 Å². The molecule has 34 heavy (non-hydrogen) atoms. The molecule has 2 aromatic heterocycles. The van der Waals surface area contributed by atoms with Crippen LogP contribution in [0.1, 0.15) is 19.4 Å². The summed E-state index contributed by atoms with van der Waals surface area (Å²) in [6.07, 6.45) is 2.37. The second-order valence-corrected chi connectivity index (χ2v) is 11.0. The Morgan fingerprint density at radius 3 is 2.53 bits per heavy atom. The minimum atomic E-state index is -3.97. The number of benzene rings is 1. The normalized spacial score (nSPS) is 21.2. The maximum atomic E-state index is 14.9. The molecule has 3 aromatic rings. The molecule has 3 heterocycles. The van der Waals surface area contributed by atoms with Crippen LogP contribution in [0.4, 0.5) is 24.7 Å². The lowest BCUT2D eigenvalue weighted by Gasteiger charge is -2.38. The first-order valence-electron chi connectivity index (χ1n) is 10.1. The summed E-state index contributed by atoms with van der Waals surface area (Å²) in [6.45, 7) is 1.44. The summed E-state index contributed by atoms with van der Waals surface area (Å²) in [6, 6.07) is 5.08. The summed E-state index contributed by atoms with van der Waals surface area (Å²) in [4.78, 5) is 12.3. The number of aliphatic imine (C=N–C) groups is 1. The van der Waals surface area contributed by atoms with Crippen molar-refractivity contribution in [1.29, 1.82) is 0 Å². The Balaban J connectivity index is 1.81. The minimum Gasteiger partial charge on any atom is -0.495 e. The first kappa shape index (κ1) is 23.7. The first-order chi connectivity index (χ1) is 15.9. The Kier molecular flexibility index (Phi) is 5.67. The summed E-state index contributed by atoms with van der Waals surface area (Å²) in [7, 11) is -2.55. The highest BCUT2D eigenvalue weighted by molar-refractivity contribution is 7.93. The largest absolute Gasteiger partial charge is 0.495 e. The van der Waals surface area contributed by atoms with Gasteiger partial charge in [-0.05, 0) is 38.1 Å². The number of ether oxygens (including phenoxy) is 1. The molecule has 0 aliphatic carbocycles. The third kappa shape index (κ3) is 3.71. The van der Waals surface area contributed by atoms with Crippen molar-refractivity contribution < 1.29 is 26.3 Å². The maximum absolute atomic E-state index is 14.9. The van der Waals surface area contributed by atoms with Crippen molar-refractivity contribution in [1.82, 2.24) is 9.97 Å². The molecule has 1 aliphatic heterocycles. The lowest BCUT2D eigenvalue weighted by atomic mass is 9.92. The summed E-state index contributed by atoms with van der Waals surface area (Å²) in [5, 5.41) is 3.04. The molecule has 0 radical (unpaired) electrons. The molecule has 0 amide bonds. The number of pyridine rings is 2. The minimum absolute atomic E-state index is 0.136. The van der Waals surface area contributed by atoms with Crippen LogP contribution in [0.3, 0.4) is 0 Å². The second kappa shape index (κ2) is 8.12. The number of alkyl halides is 1. The van der Waals surface area contributed by atoms with Crippen LogP contribution < -0.4 is 15.8 Å². The number of hydrogen-bond donors (Lipinski definition) is 2. The zero-order valence-electron chi connectivity index (χ0n) is 18.6. The number of nitrogens with one attached hydrogen (secondary N) is 1. The second-order valence-electron chi connectivity index (χ2n) is 8.48. The van der Waals surface area contributed by atoms with Crippen LogP contribution in [0.5, 0.6) is 5.75 Å². The Morgan fingerprint density at radius 2 is 1.88 bits per heavy atom. The van der Waals surface area contributed by atoms with E-state index in [0.717, 1.165) is 12.3 Å².